The van der Waals surface area contributed by atoms with E-state index in [1.54, 1.807) is 13.0 Å². The van der Waals surface area contributed by atoms with Gasteiger partial charge in [-0.2, -0.15) is 4.98 Å². The van der Waals surface area contributed by atoms with Crippen LogP contribution in [0.4, 0.5) is 6.01 Å². The minimum absolute atomic E-state index is 0.205. The largest absolute Gasteiger partial charge is 0.432 e. The number of aromatic amines is 1. The summed E-state index contributed by atoms with van der Waals surface area (Å²) in [6, 6.07) is 9.70. The molecule has 0 saturated carbocycles. The Bertz CT molecular complexity index is 679. The molecule has 0 aliphatic heterocycles. The molecule has 5 nitrogen and oxygen atoms in total. The number of aryl methyl sites for hydroxylation is 1. The number of oxazole rings is 1. The average molecular weight is 241 g/mol. The Morgan fingerprint density at radius 1 is 1.39 bits per heavy atom. The minimum atomic E-state index is -0.270. The fraction of sp³-hybridized carbons (Fsp3) is 0.0769. The molecule has 2 aromatic heterocycles. The van der Waals surface area contributed by atoms with Crippen LogP contribution in [0.15, 0.2) is 41.0 Å². The lowest BCUT2D eigenvalue weighted by Crippen LogP contribution is -2.12. The zero-order chi connectivity index (χ0) is 12.5. The van der Waals surface area contributed by atoms with E-state index in [9.17, 15) is 4.79 Å². The summed E-state index contributed by atoms with van der Waals surface area (Å²) in [4.78, 5) is 19.0. The monoisotopic (exact) mass is 241 g/mol. The molecule has 0 atom stereocenters. The van der Waals surface area contributed by atoms with Crippen LogP contribution in [-0.4, -0.2) is 15.9 Å². The predicted molar refractivity (Wildman–Crippen MR) is 67.5 cm³/mol. The van der Waals surface area contributed by atoms with Crippen LogP contribution in [0.3, 0.4) is 0 Å². The Labute approximate surface area is 103 Å². The molecule has 90 valence electrons. The van der Waals surface area contributed by atoms with Gasteiger partial charge in [-0.3, -0.25) is 10.1 Å². The third-order valence-electron chi connectivity index (χ3n) is 2.61. The highest BCUT2D eigenvalue weighted by Gasteiger charge is 2.11. The number of H-pyrrole nitrogens is 1. The number of nitrogens with zero attached hydrogens (tertiary/aromatic N) is 1. The number of nitrogens with one attached hydrogen (secondary N) is 2. The fourth-order valence-corrected chi connectivity index (χ4v) is 1.77. The van der Waals surface area contributed by atoms with Gasteiger partial charge in [-0.1, -0.05) is 18.2 Å². The Morgan fingerprint density at radius 3 is 2.94 bits per heavy atom. The van der Waals surface area contributed by atoms with E-state index < -0.39 is 0 Å². The number of amides is 1. The number of fused-ring (bicyclic) bond motifs is 1. The zero-order valence-corrected chi connectivity index (χ0v) is 9.73. The molecule has 0 fully saturated rings. The molecule has 2 heterocycles. The number of carbonyl (C=O) groups excluding carboxylic acids is 1. The first-order chi connectivity index (χ1) is 8.72. The Hall–Kier alpha value is -2.56. The van der Waals surface area contributed by atoms with E-state index in [0.717, 1.165) is 16.6 Å². The standard InChI is InChI=1S/C13H11N3O2/c1-8-7-18-13(14-8)16-12(17)11-6-9-4-2-3-5-10(9)15-11/h2-7,15H,1H3,(H,14,16,17). The zero-order valence-electron chi connectivity index (χ0n) is 9.73. The van der Waals surface area contributed by atoms with E-state index in [1.165, 1.54) is 6.26 Å². The number of rotatable bonds is 2. The van der Waals surface area contributed by atoms with Crippen LogP contribution in [0, 0.1) is 6.92 Å². The van der Waals surface area contributed by atoms with E-state index in [1.807, 2.05) is 24.3 Å². The highest BCUT2D eigenvalue weighted by Crippen LogP contribution is 2.16. The van der Waals surface area contributed by atoms with Crippen LogP contribution in [0.1, 0.15) is 16.2 Å². The van der Waals surface area contributed by atoms with Gasteiger partial charge in [0, 0.05) is 10.9 Å². The molecular weight excluding hydrogens is 230 g/mol. The van der Waals surface area contributed by atoms with Crippen molar-refractivity contribution in [3.8, 4) is 0 Å². The van der Waals surface area contributed by atoms with Crippen molar-refractivity contribution >= 4 is 22.8 Å². The maximum absolute atomic E-state index is 12.0. The molecule has 3 aromatic rings. The quantitative estimate of drug-likeness (QED) is 0.724. The van der Waals surface area contributed by atoms with Crippen molar-refractivity contribution in [2.75, 3.05) is 5.32 Å². The Kier molecular flexibility index (Phi) is 2.37. The number of benzene rings is 1. The van der Waals surface area contributed by atoms with Gasteiger partial charge < -0.3 is 9.40 Å². The normalized spacial score (nSPS) is 10.7. The maximum atomic E-state index is 12.0. The van der Waals surface area contributed by atoms with Crippen LogP contribution in [0.5, 0.6) is 0 Å². The van der Waals surface area contributed by atoms with Gasteiger partial charge in [-0.05, 0) is 19.1 Å². The first kappa shape index (κ1) is 10.6. The number of para-hydroxylation sites is 1. The highest BCUT2D eigenvalue weighted by atomic mass is 16.4. The van der Waals surface area contributed by atoms with E-state index in [0.29, 0.717) is 5.69 Å². The molecule has 1 aromatic carbocycles. The number of hydrogen-bond acceptors (Lipinski definition) is 3. The number of anilines is 1. The van der Waals surface area contributed by atoms with Crippen molar-refractivity contribution in [1.29, 1.82) is 0 Å². The molecule has 0 spiro atoms. The summed E-state index contributed by atoms with van der Waals surface area (Å²) in [5.74, 6) is -0.270. The van der Waals surface area contributed by atoms with Gasteiger partial charge in [0.25, 0.3) is 5.91 Å². The summed E-state index contributed by atoms with van der Waals surface area (Å²) < 4.78 is 5.07. The van der Waals surface area contributed by atoms with Gasteiger partial charge in [0.15, 0.2) is 0 Å². The molecule has 18 heavy (non-hydrogen) atoms. The van der Waals surface area contributed by atoms with Crippen LogP contribution in [0.25, 0.3) is 10.9 Å². The molecule has 3 rings (SSSR count). The lowest BCUT2D eigenvalue weighted by atomic mass is 10.2. The summed E-state index contributed by atoms with van der Waals surface area (Å²) in [5.41, 5.74) is 2.13. The summed E-state index contributed by atoms with van der Waals surface area (Å²) in [7, 11) is 0. The second kappa shape index (κ2) is 4.03. The number of aromatic nitrogens is 2. The van der Waals surface area contributed by atoms with Crippen LogP contribution < -0.4 is 5.32 Å². The molecule has 0 aliphatic carbocycles. The minimum Gasteiger partial charge on any atom is -0.432 e. The van der Waals surface area contributed by atoms with Crippen molar-refractivity contribution < 1.29 is 9.21 Å². The summed E-state index contributed by atoms with van der Waals surface area (Å²) in [5, 5.41) is 3.58. The van der Waals surface area contributed by atoms with Gasteiger partial charge in [0.2, 0.25) is 0 Å². The maximum Gasteiger partial charge on any atom is 0.301 e. The van der Waals surface area contributed by atoms with Crippen molar-refractivity contribution in [3.63, 3.8) is 0 Å². The molecule has 0 radical (unpaired) electrons. The van der Waals surface area contributed by atoms with E-state index in [2.05, 4.69) is 15.3 Å². The second-order valence-electron chi connectivity index (χ2n) is 4.02. The summed E-state index contributed by atoms with van der Waals surface area (Å²) in [6.45, 7) is 1.79. The summed E-state index contributed by atoms with van der Waals surface area (Å²) in [6.07, 6.45) is 1.49. The average Bonchev–Trinajstić information content (AvgIpc) is 2.95. The molecule has 0 aliphatic rings. The third kappa shape index (κ3) is 1.86. The fourth-order valence-electron chi connectivity index (χ4n) is 1.77. The molecule has 0 unspecified atom stereocenters. The van der Waals surface area contributed by atoms with E-state index in [4.69, 9.17) is 4.42 Å². The molecule has 0 bridgehead atoms. The first-order valence-corrected chi connectivity index (χ1v) is 5.53. The Morgan fingerprint density at radius 2 is 2.22 bits per heavy atom. The van der Waals surface area contributed by atoms with Gasteiger partial charge >= 0.3 is 6.01 Å². The highest BCUT2D eigenvalue weighted by molar-refractivity contribution is 6.04. The number of carbonyl (C=O) groups is 1. The van der Waals surface area contributed by atoms with Gasteiger partial charge in [0.1, 0.15) is 12.0 Å². The molecule has 2 N–H and O–H groups in total. The predicted octanol–water partition coefficient (Wildman–Crippen LogP) is 2.72. The topological polar surface area (TPSA) is 70.9 Å². The van der Waals surface area contributed by atoms with Crippen molar-refractivity contribution in [1.82, 2.24) is 9.97 Å². The van der Waals surface area contributed by atoms with E-state index in [-0.39, 0.29) is 11.9 Å². The second-order valence-corrected chi connectivity index (χ2v) is 4.02. The smallest absolute Gasteiger partial charge is 0.301 e. The molecule has 5 heteroatoms. The van der Waals surface area contributed by atoms with Crippen molar-refractivity contribution in [3.05, 3.63) is 48.0 Å². The van der Waals surface area contributed by atoms with Crippen LogP contribution >= 0.6 is 0 Å². The van der Waals surface area contributed by atoms with Crippen LogP contribution in [-0.2, 0) is 0 Å². The molecule has 0 saturated heterocycles. The third-order valence-corrected chi connectivity index (χ3v) is 2.61. The lowest BCUT2D eigenvalue weighted by Gasteiger charge is -1.96. The van der Waals surface area contributed by atoms with Gasteiger partial charge in [0.05, 0.1) is 5.69 Å². The summed E-state index contributed by atoms with van der Waals surface area (Å²) >= 11 is 0. The van der Waals surface area contributed by atoms with Crippen LogP contribution in [0.2, 0.25) is 0 Å². The first-order valence-electron chi connectivity index (χ1n) is 5.53. The van der Waals surface area contributed by atoms with Crippen molar-refractivity contribution in [2.24, 2.45) is 0 Å². The van der Waals surface area contributed by atoms with E-state index >= 15 is 0 Å². The van der Waals surface area contributed by atoms with Crippen molar-refractivity contribution in [2.45, 2.75) is 6.92 Å². The molecule has 1 amide bonds. The number of hydrogen-bond donors (Lipinski definition) is 2. The lowest BCUT2D eigenvalue weighted by molar-refractivity contribution is 0.102. The van der Waals surface area contributed by atoms with Gasteiger partial charge in [-0.25, -0.2) is 0 Å². The Balaban J connectivity index is 1.87. The molecular formula is C13H11N3O2. The van der Waals surface area contributed by atoms with Gasteiger partial charge in [-0.15, -0.1) is 0 Å². The SMILES string of the molecule is Cc1coc(NC(=O)c2cc3ccccc3[nH]2)n1.